The Bertz CT molecular complexity index is 879. The minimum atomic E-state index is -3.55. The highest BCUT2D eigenvalue weighted by Crippen LogP contribution is 2.21. The van der Waals surface area contributed by atoms with Crippen LogP contribution in [0.2, 0.25) is 0 Å². The Morgan fingerprint density at radius 3 is 2.45 bits per heavy atom. The zero-order chi connectivity index (χ0) is 16.7. The molecule has 8 heteroatoms. The molecule has 0 atom stereocenters. The van der Waals surface area contributed by atoms with Gasteiger partial charge in [0.2, 0.25) is 15.0 Å². The van der Waals surface area contributed by atoms with Gasteiger partial charge < -0.3 is 4.74 Å². The van der Waals surface area contributed by atoms with Crippen LogP contribution in [0.1, 0.15) is 20.8 Å². The van der Waals surface area contributed by atoms with Crippen molar-refractivity contribution in [2.45, 2.75) is 32.5 Å². The fraction of sp³-hybridized carbons (Fsp3) is 0.500. The summed E-state index contributed by atoms with van der Waals surface area (Å²) in [4.78, 5) is 20.4. The average molecular weight is 325 g/mol. The predicted molar refractivity (Wildman–Crippen MR) is 82.9 cm³/mol. The second-order valence-corrected chi connectivity index (χ2v) is 8.28. The lowest BCUT2D eigenvalue weighted by atomic mass is 9.97. The topological polar surface area (TPSA) is 91.2 Å². The van der Waals surface area contributed by atoms with Gasteiger partial charge in [0.1, 0.15) is 5.65 Å². The Hall–Kier alpha value is -1.96. The van der Waals surface area contributed by atoms with E-state index in [0.717, 1.165) is 6.26 Å². The van der Waals surface area contributed by atoms with E-state index in [4.69, 9.17) is 4.74 Å². The fourth-order valence-corrected chi connectivity index (χ4v) is 2.56. The monoisotopic (exact) mass is 325 g/mol. The molecule has 2 rings (SSSR count). The van der Waals surface area contributed by atoms with Gasteiger partial charge in [0.05, 0.1) is 7.11 Å². The van der Waals surface area contributed by atoms with Crippen molar-refractivity contribution >= 4 is 20.9 Å². The first-order valence-corrected chi connectivity index (χ1v) is 8.57. The van der Waals surface area contributed by atoms with Crippen molar-refractivity contribution in [3.63, 3.8) is 0 Å². The fourth-order valence-electron chi connectivity index (χ4n) is 2.06. The molecule has 0 aliphatic heterocycles. The van der Waals surface area contributed by atoms with Gasteiger partial charge in [-0.15, -0.1) is 0 Å². The van der Waals surface area contributed by atoms with E-state index < -0.39 is 9.84 Å². The largest absolute Gasteiger partial charge is 0.491 e. The van der Waals surface area contributed by atoms with Gasteiger partial charge in [0.25, 0.3) is 5.56 Å². The highest BCUT2D eigenvalue weighted by Gasteiger charge is 2.20. The molecule has 0 amide bonds. The Balaban J connectivity index is 2.86. The normalized spacial score (nSPS) is 12.6. The lowest BCUT2D eigenvalue weighted by Gasteiger charge is -2.21. The summed E-state index contributed by atoms with van der Waals surface area (Å²) in [6, 6.07) is 1.52. The smallest absolute Gasteiger partial charge is 0.294 e. The molecule has 0 aliphatic carbocycles. The lowest BCUT2D eigenvalue weighted by molar-refractivity contribution is 0.335. The molecule has 0 saturated heterocycles. The third-order valence-electron chi connectivity index (χ3n) is 2.96. The van der Waals surface area contributed by atoms with Crippen LogP contribution in [-0.4, -0.2) is 36.3 Å². The molecule has 7 nitrogen and oxygen atoms in total. The van der Waals surface area contributed by atoms with Crippen molar-refractivity contribution in [2.24, 2.45) is 5.41 Å². The number of sulfone groups is 1. The van der Waals surface area contributed by atoms with Gasteiger partial charge in [-0.2, -0.15) is 4.98 Å². The maximum absolute atomic E-state index is 12.5. The van der Waals surface area contributed by atoms with Gasteiger partial charge in [-0.25, -0.2) is 13.4 Å². The molecule has 0 spiro atoms. The van der Waals surface area contributed by atoms with E-state index in [1.807, 2.05) is 20.8 Å². The second kappa shape index (κ2) is 5.35. The number of ether oxygens (including phenoxy) is 1. The molecule has 0 radical (unpaired) electrons. The van der Waals surface area contributed by atoms with Gasteiger partial charge in [0.15, 0.2) is 5.75 Å². The Morgan fingerprint density at radius 2 is 1.95 bits per heavy atom. The SMILES string of the molecule is COc1cc2cnc(S(C)(=O)=O)nc2n(CC(C)(C)C)c1=O. The molecule has 0 N–H and O–H groups in total. The van der Waals surface area contributed by atoms with Crippen molar-refractivity contribution < 1.29 is 13.2 Å². The Kier molecular flexibility index (Phi) is 3.99. The van der Waals surface area contributed by atoms with Crippen LogP contribution < -0.4 is 10.3 Å². The number of hydrogen-bond acceptors (Lipinski definition) is 6. The van der Waals surface area contributed by atoms with Crippen molar-refractivity contribution in [3.8, 4) is 5.75 Å². The summed E-state index contributed by atoms with van der Waals surface area (Å²) < 4.78 is 29.8. The third kappa shape index (κ3) is 3.27. The molecule has 120 valence electrons. The number of fused-ring (bicyclic) bond motifs is 1. The lowest BCUT2D eigenvalue weighted by Crippen LogP contribution is -2.28. The molecule has 0 aromatic carbocycles. The summed E-state index contributed by atoms with van der Waals surface area (Å²) in [5.41, 5.74) is -0.251. The van der Waals surface area contributed by atoms with Crippen LogP contribution in [0.4, 0.5) is 0 Å². The summed E-state index contributed by atoms with van der Waals surface area (Å²) in [6.45, 7) is 6.30. The minimum absolute atomic E-state index is 0.174. The highest BCUT2D eigenvalue weighted by atomic mass is 32.2. The summed E-state index contributed by atoms with van der Waals surface area (Å²) in [5, 5.41) is 0.250. The van der Waals surface area contributed by atoms with Crippen molar-refractivity contribution in [1.29, 1.82) is 0 Å². The summed E-state index contributed by atoms with van der Waals surface area (Å²) in [6.07, 6.45) is 2.42. The van der Waals surface area contributed by atoms with Gasteiger partial charge in [-0.1, -0.05) is 20.8 Å². The van der Waals surface area contributed by atoms with Gasteiger partial charge >= 0.3 is 0 Å². The van der Waals surface area contributed by atoms with Crippen molar-refractivity contribution in [3.05, 3.63) is 22.6 Å². The Morgan fingerprint density at radius 1 is 1.32 bits per heavy atom. The maximum atomic E-state index is 12.5. The molecule has 0 fully saturated rings. The average Bonchev–Trinajstić information content (AvgIpc) is 2.38. The van der Waals surface area contributed by atoms with Crippen LogP contribution in [0, 0.1) is 5.41 Å². The van der Waals surface area contributed by atoms with E-state index in [1.54, 1.807) is 0 Å². The van der Waals surface area contributed by atoms with Crippen LogP contribution in [-0.2, 0) is 16.4 Å². The third-order valence-corrected chi connectivity index (χ3v) is 3.82. The second-order valence-electron chi connectivity index (χ2n) is 6.37. The first kappa shape index (κ1) is 16.4. The minimum Gasteiger partial charge on any atom is -0.491 e. The van der Waals surface area contributed by atoms with Gasteiger partial charge in [0, 0.05) is 24.4 Å². The van der Waals surface area contributed by atoms with Crippen LogP contribution in [0.15, 0.2) is 22.2 Å². The predicted octanol–water partition coefficient (Wildman–Crippen LogP) is 1.25. The van der Waals surface area contributed by atoms with Gasteiger partial charge in [-0.3, -0.25) is 9.36 Å². The molecule has 2 heterocycles. The first-order valence-electron chi connectivity index (χ1n) is 6.67. The number of pyridine rings is 1. The van der Waals surface area contributed by atoms with E-state index in [0.29, 0.717) is 11.9 Å². The molecule has 0 bridgehead atoms. The van der Waals surface area contributed by atoms with E-state index in [2.05, 4.69) is 9.97 Å². The van der Waals surface area contributed by atoms with E-state index in [1.165, 1.54) is 23.9 Å². The molecule has 22 heavy (non-hydrogen) atoms. The molecule has 0 saturated carbocycles. The molecule has 0 aliphatic rings. The Labute approximate surface area is 128 Å². The quantitative estimate of drug-likeness (QED) is 0.789. The zero-order valence-electron chi connectivity index (χ0n) is 13.2. The summed E-state index contributed by atoms with van der Waals surface area (Å²) in [5.74, 6) is 0.174. The van der Waals surface area contributed by atoms with E-state index >= 15 is 0 Å². The number of aromatic nitrogens is 3. The van der Waals surface area contributed by atoms with Crippen molar-refractivity contribution in [1.82, 2.24) is 14.5 Å². The number of methoxy groups -OCH3 is 1. The zero-order valence-corrected chi connectivity index (χ0v) is 14.1. The van der Waals surface area contributed by atoms with Crippen LogP contribution in [0.3, 0.4) is 0 Å². The van der Waals surface area contributed by atoms with Crippen LogP contribution in [0.25, 0.3) is 11.0 Å². The molecular formula is C14H19N3O4S. The molecular weight excluding hydrogens is 306 g/mol. The van der Waals surface area contributed by atoms with Gasteiger partial charge in [-0.05, 0) is 11.5 Å². The maximum Gasteiger partial charge on any atom is 0.294 e. The van der Waals surface area contributed by atoms with Crippen molar-refractivity contribution in [2.75, 3.05) is 13.4 Å². The molecule has 2 aromatic rings. The standard InChI is InChI=1S/C14H19N3O4S/c1-14(2,3)8-17-11-9(6-10(21-4)12(17)18)7-15-13(16-11)22(5,19)20/h6-7H,8H2,1-5H3. The van der Waals surface area contributed by atoms with E-state index in [9.17, 15) is 13.2 Å². The number of nitrogens with zero attached hydrogens (tertiary/aromatic N) is 3. The van der Waals surface area contributed by atoms with E-state index in [-0.39, 0.29) is 27.5 Å². The van der Waals surface area contributed by atoms with Crippen LogP contribution >= 0.6 is 0 Å². The number of hydrogen-bond donors (Lipinski definition) is 0. The summed E-state index contributed by atoms with van der Waals surface area (Å²) >= 11 is 0. The number of rotatable bonds is 3. The summed E-state index contributed by atoms with van der Waals surface area (Å²) in [7, 11) is -2.14. The highest BCUT2D eigenvalue weighted by molar-refractivity contribution is 7.90. The van der Waals surface area contributed by atoms with Crippen LogP contribution in [0.5, 0.6) is 5.75 Å². The first-order chi connectivity index (χ1) is 10.0. The molecule has 0 unspecified atom stereocenters. The molecule has 2 aromatic heterocycles.